The van der Waals surface area contributed by atoms with Crippen LogP contribution in [0.25, 0.3) is 0 Å². The number of carboxylic acids is 3. The van der Waals surface area contributed by atoms with Gasteiger partial charge in [-0.25, -0.2) is 14.7 Å². The van der Waals surface area contributed by atoms with Crippen molar-refractivity contribution in [2.24, 2.45) is 0 Å². The van der Waals surface area contributed by atoms with Gasteiger partial charge in [-0.3, -0.25) is 0 Å². The summed E-state index contributed by atoms with van der Waals surface area (Å²) in [5.41, 5.74) is 8.27. The van der Waals surface area contributed by atoms with E-state index in [-0.39, 0.29) is 0 Å². The van der Waals surface area contributed by atoms with Crippen molar-refractivity contribution < 1.29 is 49.5 Å². The van der Waals surface area contributed by atoms with E-state index in [9.17, 15) is 29.7 Å². The van der Waals surface area contributed by atoms with Crippen molar-refractivity contribution in [2.45, 2.75) is 18.4 Å². The maximum absolute atomic E-state index is 10.1. The Bertz CT molecular complexity index is 2330. The zero-order valence-corrected chi connectivity index (χ0v) is 38.3. The monoisotopic (exact) mass is 927 g/mol. The summed E-state index contributed by atoms with van der Waals surface area (Å²) in [5, 5.41) is 38.9. The Hall–Kier alpha value is -8.77. The summed E-state index contributed by atoms with van der Waals surface area (Å²) in [4.78, 5) is 33.8. The summed E-state index contributed by atoms with van der Waals surface area (Å²) in [5.74, 6) is -5.98. The number of quaternary nitrogens is 3. The van der Waals surface area contributed by atoms with Gasteiger partial charge in [0, 0.05) is 24.8 Å². The lowest BCUT2D eigenvalue weighted by atomic mass is 9.96. The van der Waals surface area contributed by atoms with Gasteiger partial charge in [0.05, 0.1) is 5.97 Å². The second-order valence-corrected chi connectivity index (χ2v) is 15.8. The second kappa shape index (κ2) is 26.5. The van der Waals surface area contributed by atoms with E-state index < -0.39 is 36.4 Å². The number of hydrogen-bond donors (Lipinski definition) is 4. The van der Waals surface area contributed by atoms with E-state index in [1.807, 2.05) is 0 Å². The first-order valence-electron chi connectivity index (χ1n) is 22.6. The lowest BCUT2D eigenvalue weighted by molar-refractivity contribution is -0.681. The number of carboxylic acid groups (broad SMARTS) is 3. The molecule has 0 aliphatic heterocycles. The molecule has 350 valence electrons. The summed E-state index contributed by atoms with van der Waals surface area (Å²) in [6.45, 7) is 0. The summed E-state index contributed by atoms with van der Waals surface area (Å²) >= 11 is 0. The molecule has 70 heavy (non-hydrogen) atoms. The highest BCUT2D eigenvalue weighted by Crippen LogP contribution is 2.18. The van der Waals surface area contributed by atoms with Crippen LogP contribution in [0.5, 0.6) is 0 Å². The zero-order chi connectivity index (χ0) is 49.4. The van der Waals surface area contributed by atoms with Crippen molar-refractivity contribution in [1.82, 2.24) is 0 Å². The highest BCUT2D eigenvalue weighted by molar-refractivity contribution is 5.86. The van der Waals surface area contributed by atoms with Crippen LogP contribution < -0.4 is 30.0 Å². The quantitative estimate of drug-likeness (QED) is 0.0993. The number of benzene rings is 9. The first kappa shape index (κ1) is 50.6. The molecule has 0 saturated carbocycles. The van der Waals surface area contributed by atoms with Crippen molar-refractivity contribution in [1.29, 1.82) is 0 Å². The first-order valence-corrected chi connectivity index (χ1v) is 22.6. The van der Waals surface area contributed by atoms with E-state index in [1.165, 1.54) is 65.9 Å². The molecule has 0 spiro atoms. The first-order chi connectivity index (χ1) is 34.1. The highest BCUT2D eigenvalue weighted by Gasteiger charge is 2.29. The van der Waals surface area contributed by atoms with Gasteiger partial charge >= 0.3 is 0 Å². The Morgan fingerprint density at radius 3 is 0.514 bits per heavy atom. The molecule has 10 nitrogen and oxygen atoms in total. The molecule has 0 saturated heterocycles. The predicted octanol–water partition coefficient (Wildman–Crippen LogP) is 6.35. The molecule has 9 aromatic rings. The topological polar surface area (TPSA) is 154 Å². The third-order valence-corrected chi connectivity index (χ3v) is 10.8. The molecule has 0 aromatic heterocycles. The second-order valence-electron chi connectivity index (χ2n) is 15.8. The van der Waals surface area contributed by atoms with Gasteiger partial charge in [-0.05, 0) is 109 Å². The lowest BCUT2D eigenvalue weighted by Gasteiger charge is -2.29. The standard InChI is InChI=1S/3C18H15N.C6H8O7/c3*1-4-10-16(11-5-1)19(17-12-6-2-7-13-17)18-14-8-3-9-15-18;7-3(8)1-6(13,5(11)12)2-4(9)10/h3*1-15H;13H,1-2H2,(H,7,8)(H,9,10)(H,11,12). The number of nitrogens with one attached hydrogen (secondary N) is 3. The van der Waals surface area contributed by atoms with Crippen LogP contribution in [0.2, 0.25) is 0 Å². The number of aliphatic carboxylic acids is 3. The Labute approximate surface area is 408 Å². The number of aliphatic hydroxyl groups is 1. The molecule has 0 aliphatic rings. The highest BCUT2D eigenvalue weighted by atomic mass is 16.4. The molecule has 0 atom stereocenters. The lowest BCUT2D eigenvalue weighted by Crippen LogP contribution is -2.96. The average molecular weight is 928 g/mol. The van der Waals surface area contributed by atoms with Gasteiger partial charge in [0.25, 0.3) is 0 Å². The van der Waals surface area contributed by atoms with E-state index >= 15 is 0 Å². The fourth-order valence-corrected chi connectivity index (χ4v) is 7.63. The molecule has 9 rings (SSSR count). The molecule has 0 heterocycles. The molecular weight excluding hydrogens is 875 g/mol. The molecule has 0 fully saturated rings. The Morgan fingerprint density at radius 2 is 0.414 bits per heavy atom. The third-order valence-electron chi connectivity index (χ3n) is 10.8. The van der Waals surface area contributed by atoms with Crippen molar-refractivity contribution in [3.8, 4) is 0 Å². The molecule has 9 aromatic carbocycles. The van der Waals surface area contributed by atoms with Gasteiger partial charge < -0.3 is 34.8 Å². The Kier molecular flexibility index (Phi) is 19.2. The minimum absolute atomic E-state index is 1.25. The maximum Gasteiger partial charge on any atom is 0.141 e. The minimum atomic E-state index is -2.97. The Balaban J connectivity index is 0.000000155. The minimum Gasteiger partial charge on any atom is -0.550 e. The van der Waals surface area contributed by atoms with Gasteiger partial charge in [0.2, 0.25) is 0 Å². The van der Waals surface area contributed by atoms with Crippen LogP contribution in [0.4, 0.5) is 51.2 Å². The van der Waals surface area contributed by atoms with Gasteiger partial charge in [-0.1, -0.05) is 164 Å². The van der Waals surface area contributed by atoms with E-state index in [0.717, 1.165) is 0 Å². The fraction of sp³-hybridized carbons (Fsp3) is 0.0500. The summed E-state index contributed by atoms with van der Waals surface area (Å²) in [7, 11) is 0. The number of rotatable bonds is 14. The molecular formula is C60H53N3O7. The van der Waals surface area contributed by atoms with E-state index in [2.05, 4.69) is 273 Å². The van der Waals surface area contributed by atoms with Crippen LogP contribution in [-0.2, 0) is 14.4 Å². The molecule has 0 amide bonds. The average Bonchev–Trinajstić information content (AvgIpc) is 3.40. The van der Waals surface area contributed by atoms with Crippen molar-refractivity contribution >= 4 is 69.1 Å². The van der Waals surface area contributed by atoms with Crippen molar-refractivity contribution in [2.75, 3.05) is 0 Å². The van der Waals surface area contributed by atoms with Gasteiger partial charge in [0.1, 0.15) is 56.8 Å². The molecule has 0 unspecified atom stereocenters. The molecule has 0 aliphatic carbocycles. The number of carbonyl (C=O) groups excluding carboxylic acids is 3. The molecule has 10 heteroatoms. The number of carbonyl (C=O) groups is 3. The maximum atomic E-state index is 10.1. The van der Waals surface area contributed by atoms with Crippen LogP contribution in [0, 0.1) is 0 Å². The number of hydrogen-bond acceptors (Lipinski definition) is 7. The van der Waals surface area contributed by atoms with Gasteiger partial charge in [0.15, 0.2) is 0 Å². The third kappa shape index (κ3) is 15.1. The van der Waals surface area contributed by atoms with Crippen LogP contribution in [0.15, 0.2) is 273 Å². The van der Waals surface area contributed by atoms with E-state index in [0.29, 0.717) is 0 Å². The van der Waals surface area contributed by atoms with Crippen LogP contribution >= 0.6 is 0 Å². The van der Waals surface area contributed by atoms with Crippen LogP contribution in [0.3, 0.4) is 0 Å². The predicted molar refractivity (Wildman–Crippen MR) is 267 cm³/mol. The molecule has 0 radical (unpaired) electrons. The SMILES string of the molecule is O=C([O-])CC(O)(CC(=O)[O-])C(=O)[O-].c1ccc([NH+](c2ccccc2)c2ccccc2)cc1.c1ccc([NH+](c2ccccc2)c2ccccc2)cc1.c1ccc([NH+](c2ccccc2)c2ccccc2)cc1. The van der Waals surface area contributed by atoms with Crippen LogP contribution in [-0.4, -0.2) is 28.6 Å². The summed E-state index contributed by atoms with van der Waals surface area (Å²) < 4.78 is 0. The van der Waals surface area contributed by atoms with E-state index in [4.69, 9.17) is 5.11 Å². The zero-order valence-electron chi connectivity index (χ0n) is 38.3. The molecule has 4 N–H and O–H groups in total. The largest absolute Gasteiger partial charge is 0.550 e. The number of para-hydroxylation sites is 9. The van der Waals surface area contributed by atoms with Gasteiger partial charge in [-0.2, -0.15) is 0 Å². The summed E-state index contributed by atoms with van der Waals surface area (Å²) in [6, 6.07) is 94.9. The normalized spacial score (nSPS) is 10.6. The van der Waals surface area contributed by atoms with Crippen molar-refractivity contribution in [3.05, 3.63) is 273 Å². The fourth-order valence-electron chi connectivity index (χ4n) is 7.63. The Morgan fingerprint density at radius 1 is 0.286 bits per heavy atom. The molecule has 0 bridgehead atoms. The summed E-state index contributed by atoms with van der Waals surface area (Å²) in [6.07, 6.45) is -2.72. The smallest absolute Gasteiger partial charge is 0.141 e. The van der Waals surface area contributed by atoms with E-state index in [1.54, 1.807) is 0 Å². The van der Waals surface area contributed by atoms with Crippen LogP contribution in [0.1, 0.15) is 12.8 Å². The van der Waals surface area contributed by atoms with Gasteiger partial charge in [-0.15, -0.1) is 0 Å². The van der Waals surface area contributed by atoms with Crippen molar-refractivity contribution in [3.63, 3.8) is 0 Å².